The van der Waals surface area contributed by atoms with E-state index in [1.165, 1.54) is 28.6 Å². The Morgan fingerprint density at radius 2 is 1.85 bits per heavy atom. The van der Waals surface area contributed by atoms with Crippen LogP contribution in [0, 0.1) is 18.7 Å². The zero-order valence-corrected chi connectivity index (χ0v) is 21.0. The first-order chi connectivity index (χ1) is 16.2. The van der Waals surface area contributed by atoms with Gasteiger partial charge in [-0.05, 0) is 53.6 Å². The van der Waals surface area contributed by atoms with Crippen molar-refractivity contribution in [3.05, 3.63) is 70.8 Å². The van der Waals surface area contributed by atoms with Crippen molar-refractivity contribution in [3.8, 4) is 5.75 Å². The number of carbonyl (C=O) groups excluding carboxylic acids is 1. The molecule has 0 radical (unpaired) electrons. The fourth-order valence-corrected chi connectivity index (χ4v) is 4.23. The second-order valence-corrected chi connectivity index (χ2v) is 9.83. The van der Waals surface area contributed by atoms with Gasteiger partial charge in [-0.3, -0.25) is 4.79 Å². The summed E-state index contributed by atoms with van der Waals surface area (Å²) >= 11 is 1.20. The lowest BCUT2D eigenvalue weighted by molar-refractivity contribution is -0.119. The van der Waals surface area contributed by atoms with E-state index in [0.717, 1.165) is 22.4 Å². The van der Waals surface area contributed by atoms with Gasteiger partial charge in [-0.1, -0.05) is 63.7 Å². The lowest BCUT2D eigenvalue weighted by Crippen LogP contribution is -2.33. The largest absolute Gasteiger partial charge is 0.485 e. The number of rotatable bonds is 10. The molecular weight excluding hydrogens is 453 g/mol. The maximum atomic E-state index is 13.3. The first kappa shape index (κ1) is 25.6. The molecule has 1 unspecified atom stereocenters. The first-order valence-electron chi connectivity index (χ1n) is 11.3. The smallest absolute Gasteiger partial charge is 0.230 e. The number of aromatic nitrogens is 3. The summed E-state index contributed by atoms with van der Waals surface area (Å²) in [7, 11) is 0. The summed E-state index contributed by atoms with van der Waals surface area (Å²) in [6, 6.07) is 12.1. The Balaban J connectivity index is 1.59. The average molecular weight is 486 g/mol. The molecule has 0 fully saturated rings. The minimum atomic E-state index is -0.307. The highest BCUT2D eigenvalue weighted by molar-refractivity contribution is 7.99. The van der Waals surface area contributed by atoms with Crippen molar-refractivity contribution >= 4 is 17.7 Å². The lowest BCUT2D eigenvalue weighted by atomic mass is 9.96. The molecule has 3 aromatic rings. The van der Waals surface area contributed by atoms with Crippen LogP contribution in [0.15, 0.2) is 47.6 Å². The zero-order valence-electron chi connectivity index (χ0n) is 20.2. The molecule has 182 valence electrons. The average Bonchev–Trinajstić information content (AvgIpc) is 3.14. The third kappa shape index (κ3) is 6.50. The maximum Gasteiger partial charge on any atom is 0.230 e. The number of nitrogens with one attached hydrogen (secondary N) is 1. The third-order valence-corrected chi connectivity index (χ3v) is 6.37. The van der Waals surface area contributed by atoms with E-state index in [9.17, 15) is 9.18 Å². The number of hydrogen-bond donors (Lipinski definition) is 2. The summed E-state index contributed by atoms with van der Waals surface area (Å²) in [5, 5.41) is 11.7. The van der Waals surface area contributed by atoms with Crippen molar-refractivity contribution in [1.29, 1.82) is 0 Å². The van der Waals surface area contributed by atoms with E-state index >= 15 is 0 Å². The molecule has 1 heterocycles. The quantitative estimate of drug-likeness (QED) is 0.318. The molecule has 0 spiro atoms. The number of hydrogen-bond acceptors (Lipinski definition) is 6. The molecular formula is C25H32FN5O2S. The SMILES string of the molecule is Cc1ccc(C(C)C)c(OCc2nnc(SCC(=O)NC(c3ccc(F)cc3)C(C)C)n2N)c1. The molecule has 0 bridgehead atoms. The second-order valence-electron chi connectivity index (χ2n) is 8.88. The van der Waals surface area contributed by atoms with Gasteiger partial charge in [0.2, 0.25) is 11.1 Å². The fourth-order valence-electron chi connectivity index (χ4n) is 3.54. The molecule has 0 aliphatic carbocycles. The fraction of sp³-hybridized carbons (Fsp3) is 0.400. The molecule has 2 aromatic carbocycles. The predicted octanol–water partition coefficient (Wildman–Crippen LogP) is 4.75. The summed E-state index contributed by atoms with van der Waals surface area (Å²) in [5.74, 6) is 7.52. The van der Waals surface area contributed by atoms with Crippen molar-refractivity contribution in [2.24, 2.45) is 5.92 Å². The molecule has 34 heavy (non-hydrogen) atoms. The van der Waals surface area contributed by atoms with Gasteiger partial charge in [0.25, 0.3) is 0 Å². The Morgan fingerprint density at radius 1 is 1.15 bits per heavy atom. The highest BCUT2D eigenvalue weighted by atomic mass is 32.2. The molecule has 1 amide bonds. The summed E-state index contributed by atoms with van der Waals surface area (Å²) < 4.78 is 20.6. The van der Waals surface area contributed by atoms with Crippen LogP contribution in [0.2, 0.25) is 0 Å². The summed E-state index contributed by atoms with van der Waals surface area (Å²) in [6.45, 7) is 10.4. The van der Waals surface area contributed by atoms with Crippen molar-refractivity contribution < 1.29 is 13.9 Å². The topological polar surface area (TPSA) is 95.1 Å². The Kier molecular flexibility index (Phi) is 8.55. The van der Waals surface area contributed by atoms with Gasteiger partial charge < -0.3 is 15.9 Å². The van der Waals surface area contributed by atoms with E-state index in [1.54, 1.807) is 12.1 Å². The number of halogens is 1. The molecule has 7 nitrogen and oxygen atoms in total. The van der Waals surface area contributed by atoms with E-state index in [2.05, 4.69) is 41.5 Å². The number of nitrogens with zero attached hydrogens (tertiary/aromatic N) is 3. The Labute approximate surface area is 204 Å². The number of nitrogen functional groups attached to an aromatic ring is 1. The van der Waals surface area contributed by atoms with E-state index in [1.807, 2.05) is 26.8 Å². The molecule has 0 saturated carbocycles. The molecule has 0 aliphatic rings. The summed E-state index contributed by atoms with van der Waals surface area (Å²) in [6.07, 6.45) is 0. The Bertz CT molecular complexity index is 1110. The van der Waals surface area contributed by atoms with Crippen LogP contribution in [-0.2, 0) is 11.4 Å². The number of amides is 1. The van der Waals surface area contributed by atoms with Crippen molar-refractivity contribution in [1.82, 2.24) is 20.2 Å². The molecule has 0 saturated heterocycles. The van der Waals surface area contributed by atoms with E-state index < -0.39 is 0 Å². The summed E-state index contributed by atoms with van der Waals surface area (Å²) in [5.41, 5.74) is 3.07. The van der Waals surface area contributed by atoms with Crippen LogP contribution < -0.4 is 15.9 Å². The number of aryl methyl sites for hydroxylation is 1. The molecule has 9 heteroatoms. The number of thioether (sulfide) groups is 1. The number of benzene rings is 2. The number of carbonyl (C=O) groups is 1. The van der Waals surface area contributed by atoms with Gasteiger partial charge in [0.15, 0.2) is 5.82 Å². The highest BCUT2D eigenvalue weighted by Crippen LogP contribution is 2.28. The first-order valence-corrected chi connectivity index (χ1v) is 12.2. The molecule has 1 atom stereocenters. The van der Waals surface area contributed by atoms with Gasteiger partial charge in [0.1, 0.15) is 18.2 Å². The van der Waals surface area contributed by atoms with Gasteiger partial charge in [0, 0.05) is 0 Å². The minimum absolute atomic E-state index is 0.121. The monoisotopic (exact) mass is 485 g/mol. The zero-order chi connectivity index (χ0) is 24.8. The van der Waals surface area contributed by atoms with Crippen molar-refractivity contribution in [2.45, 2.75) is 58.3 Å². The molecule has 1 aromatic heterocycles. The Hall–Kier alpha value is -3.07. The lowest BCUT2D eigenvalue weighted by Gasteiger charge is -2.23. The van der Waals surface area contributed by atoms with Crippen LogP contribution in [0.4, 0.5) is 4.39 Å². The third-order valence-electron chi connectivity index (χ3n) is 5.43. The van der Waals surface area contributed by atoms with E-state index in [4.69, 9.17) is 10.6 Å². The van der Waals surface area contributed by atoms with Gasteiger partial charge in [-0.25, -0.2) is 9.07 Å². The van der Waals surface area contributed by atoms with Gasteiger partial charge in [0.05, 0.1) is 11.8 Å². The van der Waals surface area contributed by atoms with Crippen LogP contribution in [0.25, 0.3) is 0 Å². The van der Waals surface area contributed by atoms with Crippen LogP contribution >= 0.6 is 11.8 Å². The predicted molar refractivity (Wildman–Crippen MR) is 133 cm³/mol. The molecule has 3 N–H and O–H groups in total. The minimum Gasteiger partial charge on any atom is -0.485 e. The Morgan fingerprint density at radius 3 is 2.50 bits per heavy atom. The van der Waals surface area contributed by atoms with Crippen LogP contribution in [0.1, 0.15) is 62.2 Å². The van der Waals surface area contributed by atoms with Crippen LogP contribution in [0.3, 0.4) is 0 Å². The van der Waals surface area contributed by atoms with Gasteiger partial charge >= 0.3 is 0 Å². The van der Waals surface area contributed by atoms with Crippen LogP contribution in [0.5, 0.6) is 5.75 Å². The summed E-state index contributed by atoms with van der Waals surface area (Å²) in [4.78, 5) is 12.6. The highest BCUT2D eigenvalue weighted by Gasteiger charge is 2.20. The van der Waals surface area contributed by atoms with Gasteiger partial charge in [-0.2, -0.15) is 0 Å². The standard InChI is InChI=1S/C25H32FN5O2S/c1-15(2)20-11-6-17(5)12-21(20)33-13-22-29-30-25(31(22)27)34-14-23(32)28-24(16(3)4)18-7-9-19(26)10-8-18/h6-12,15-16,24H,13-14,27H2,1-5H3,(H,28,32). The second kappa shape index (κ2) is 11.4. The molecule has 0 aliphatic heterocycles. The van der Waals surface area contributed by atoms with Crippen molar-refractivity contribution in [2.75, 3.05) is 11.6 Å². The van der Waals surface area contributed by atoms with Crippen LogP contribution in [-0.4, -0.2) is 26.5 Å². The molecule has 3 rings (SSSR count). The normalized spacial score (nSPS) is 12.2. The van der Waals surface area contributed by atoms with Gasteiger partial charge in [-0.15, -0.1) is 10.2 Å². The maximum absolute atomic E-state index is 13.3. The van der Waals surface area contributed by atoms with E-state index in [0.29, 0.717) is 16.9 Å². The van der Waals surface area contributed by atoms with E-state index in [-0.39, 0.29) is 36.0 Å². The number of ether oxygens (including phenoxy) is 1. The number of nitrogens with two attached hydrogens (primary N) is 1. The van der Waals surface area contributed by atoms with Crippen molar-refractivity contribution in [3.63, 3.8) is 0 Å².